The molecule has 0 aliphatic carbocycles. The summed E-state index contributed by atoms with van der Waals surface area (Å²) in [6.45, 7) is 0. The Morgan fingerprint density at radius 2 is 1.09 bits per heavy atom. The smallest absolute Gasteiger partial charge is 0.134 e. The molecule has 0 radical (unpaired) electrons. The number of phenolic OH excluding ortho intramolecular Hbond substituents is 2. The molecule has 0 amide bonds. The van der Waals surface area contributed by atoms with E-state index < -0.39 is 0 Å². The van der Waals surface area contributed by atoms with Gasteiger partial charge in [-0.05, 0) is 36.4 Å². The maximum absolute atomic E-state index is 9.43. The van der Waals surface area contributed by atoms with Gasteiger partial charge in [-0.2, -0.15) is 0 Å². The van der Waals surface area contributed by atoms with Crippen molar-refractivity contribution in [1.82, 2.24) is 9.97 Å². The molecule has 1 aromatic heterocycles. The van der Waals surface area contributed by atoms with E-state index in [1.165, 1.54) is 12.1 Å². The molecule has 0 fully saturated rings. The van der Waals surface area contributed by atoms with Crippen LogP contribution in [0.3, 0.4) is 0 Å². The van der Waals surface area contributed by atoms with Crippen LogP contribution in [0.4, 0.5) is 0 Å². The van der Waals surface area contributed by atoms with Crippen molar-refractivity contribution in [3.8, 4) is 34.0 Å². The topological polar surface area (TPSA) is 66.2 Å². The van der Waals surface area contributed by atoms with Crippen LogP contribution in [0.2, 0.25) is 10.0 Å². The molecule has 6 heteroatoms. The zero-order chi connectivity index (χ0) is 15.7. The summed E-state index contributed by atoms with van der Waals surface area (Å²) in [5.74, 6) is 0.0439. The fraction of sp³-hybridized carbons (Fsp3) is 0. The Morgan fingerprint density at radius 1 is 0.682 bits per heavy atom. The zero-order valence-electron chi connectivity index (χ0n) is 11.2. The molecular weight excluding hydrogens is 323 g/mol. The molecule has 0 saturated carbocycles. The van der Waals surface area contributed by atoms with Crippen LogP contribution in [0, 0.1) is 0 Å². The normalized spacial score (nSPS) is 10.6. The second-order valence-electron chi connectivity index (χ2n) is 4.62. The lowest BCUT2D eigenvalue weighted by molar-refractivity contribution is 0.475. The fourth-order valence-electron chi connectivity index (χ4n) is 1.96. The van der Waals surface area contributed by atoms with E-state index in [1.54, 1.807) is 36.7 Å². The van der Waals surface area contributed by atoms with E-state index in [-0.39, 0.29) is 21.5 Å². The minimum absolute atomic E-state index is 0.0220. The van der Waals surface area contributed by atoms with Crippen molar-refractivity contribution >= 4 is 23.2 Å². The van der Waals surface area contributed by atoms with Crippen LogP contribution in [0.5, 0.6) is 11.5 Å². The third kappa shape index (κ3) is 2.84. The van der Waals surface area contributed by atoms with Gasteiger partial charge in [-0.1, -0.05) is 23.2 Å². The number of rotatable bonds is 2. The van der Waals surface area contributed by atoms with Crippen LogP contribution >= 0.6 is 23.2 Å². The zero-order valence-corrected chi connectivity index (χ0v) is 12.7. The SMILES string of the molecule is Oc1ccc(-c2cnc(-c3ccc(O)c(Cl)c3)cn2)cc1Cl. The monoisotopic (exact) mass is 332 g/mol. The molecular formula is C16H10Cl2N2O2. The summed E-state index contributed by atoms with van der Waals surface area (Å²) in [4.78, 5) is 8.68. The molecule has 3 rings (SSSR count). The average Bonchev–Trinajstić information content (AvgIpc) is 2.53. The van der Waals surface area contributed by atoms with E-state index in [2.05, 4.69) is 9.97 Å². The first-order valence-corrected chi connectivity index (χ1v) is 7.10. The lowest BCUT2D eigenvalue weighted by atomic mass is 10.1. The minimum atomic E-state index is 0.0220. The van der Waals surface area contributed by atoms with Gasteiger partial charge in [0.15, 0.2) is 0 Å². The van der Waals surface area contributed by atoms with Crippen LogP contribution in [-0.4, -0.2) is 20.2 Å². The fourth-order valence-corrected chi connectivity index (χ4v) is 2.32. The number of halogens is 2. The first kappa shape index (κ1) is 14.6. The number of aromatic hydroxyl groups is 2. The van der Waals surface area contributed by atoms with Gasteiger partial charge in [0.1, 0.15) is 11.5 Å². The summed E-state index contributed by atoms with van der Waals surface area (Å²) in [5.41, 5.74) is 2.78. The van der Waals surface area contributed by atoms with E-state index in [4.69, 9.17) is 23.2 Å². The van der Waals surface area contributed by atoms with Crippen LogP contribution in [0.25, 0.3) is 22.5 Å². The van der Waals surface area contributed by atoms with Crippen molar-refractivity contribution in [3.63, 3.8) is 0 Å². The molecule has 4 nitrogen and oxygen atoms in total. The molecule has 110 valence electrons. The molecule has 0 atom stereocenters. The second-order valence-corrected chi connectivity index (χ2v) is 5.43. The molecule has 0 spiro atoms. The first-order chi connectivity index (χ1) is 10.5. The van der Waals surface area contributed by atoms with Crippen molar-refractivity contribution in [2.45, 2.75) is 0 Å². The Morgan fingerprint density at radius 3 is 1.41 bits per heavy atom. The van der Waals surface area contributed by atoms with Gasteiger partial charge in [-0.25, -0.2) is 0 Å². The van der Waals surface area contributed by atoms with E-state index >= 15 is 0 Å². The number of hydrogen-bond donors (Lipinski definition) is 2. The molecule has 2 aromatic carbocycles. The highest BCUT2D eigenvalue weighted by Gasteiger charge is 2.07. The van der Waals surface area contributed by atoms with E-state index in [9.17, 15) is 10.2 Å². The van der Waals surface area contributed by atoms with Crippen molar-refractivity contribution < 1.29 is 10.2 Å². The van der Waals surface area contributed by atoms with Crippen LogP contribution < -0.4 is 0 Å². The van der Waals surface area contributed by atoms with Gasteiger partial charge in [-0.15, -0.1) is 0 Å². The summed E-state index contributed by atoms with van der Waals surface area (Å²) in [6.07, 6.45) is 3.22. The van der Waals surface area contributed by atoms with E-state index in [1.807, 2.05) is 0 Å². The van der Waals surface area contributed by atoms with Gasteiger partial charge in [0, 0.05) is 11.1 Å². The predicted molar refractivity (Wildman–Crippen MR) is 86.3 cm³/mol. The van der Waals surface area contributed by atoms with Crippen LogP contribution in [0.1, 0.15) is 0 Å². The summed E-state index contributed by atoms with van der Waals surface area (Å²) >= 11 is 11.8. The first-order valence-electron chi connectivity index (χ1n) is 6.34. The van der Waals surface area contributed by atoms with Crippen molar-refractivity contribution in [2.24, 2.45) is 0 Å². The summed E-state index contributed by atoms with van der Waals surface area (Å²) in [7, 11) is 0. The Hall–Kier alpha value is -2.30. The molecule has 3 aromatic rings. The highest BCUT2D eigenvalue weighted by molar-refractivity contribution is 6.32. The van der Waals surface area contributed by atoms with Gasteiger partial charge in [0.05, 0.1) is 33.8 Å². The molecule has 22 heavy (non-hydrogen) atoms. The van der Waals surface area contributed by atoms with Crippen molar-refractivity contribution in [3.05, 3.63) is 58.8 Å². The number of phenols is 2. The lowest BCUT2D eigenvalue weighted by Gasteiger charge is -2.05. The van der Waals surface area contributed by atoms with Crippen LogP contribution in [-0.2, 0) is 0 Å². The van der Waals surface area contributed by atoms with Gasteiger partial charge in [0.2, 0.25) is 0 Å². The Kier molecular flexibility index (Phi) is 3.88. The number of nitrogens with zero attached hydrogens (tertiary/aromatic N) is 2. The third-order valence-corrected chi connectivity index (χ3v) is 3.74. The molecule has 0 unspecified atom stereocenters. The summed E-state index contributed by atoms with van der Waals surface area (Å²) in [6, 6.07) is 9.68. The standard InChI is InChI=1S/C16H10Cl2N2O2/c17-11-5-9(1-3-15(11)21)13-7-20-14(8-19-13)10-2-4-16(22)12(18)6-10/h1-8,21-22H. The predicted octanol–water partition coefficient (Wildman–Crippen LogP) is 4.53. The molecule has 0 bridgehead atoms. The Labute approximate surface area is 136 Å². The highest BCUT2D eigenvalue weighted by atomic mass is 35.5. The number of benzene rings is 2. The summed E-state index contributed by atoms with van der Waals surface area (Å²) in [5, 5.41) is 19.4. The second kappa shape index (κ2) is 5.83. The number of aromatic nitrogens is 2. The minimum Gasteiger partial charge on any atom is -0.506 e. The maximum Gasteiger partial charge on any atom is 0.134 e. The van der Waals surface area contributed by atoms with Gasteiger partial charge in [-0.3, -0.25) is 9.97 Å². The highest BCUT2D eigenvalue weighted by Crippen LogP contribution is 2.30. The molecule has 0 aliphatic heterocycles. The number of hydrogen-bond acceptors (Lipinski definition) is 4. The van der Waals surface area contributed by atoms with Crippen molar-refractivity contribution in [1.29, 1.82) is 0 Å². The lowest BCUT2D eigenvalue weighted by Crippen LogP contribution is -1.89. The Bertz CT molecular complexity index is 766. The van der Waals surface area contributed by atoms with Gasteiger partial charge < -0.3 is 10.2 Å². The molecule has 0 aliphatic rings. The van der Waals surface area contributed by atoms with Gasteiger partial charge in [0.25, 0.3) is 0 Å². The molecule has 1 heterocycles. The van der Waals surface area contributed by atoms with Crippen LogP contribution in [0.15, 0.2) is 48.8 Å². The average molecular weight is 333 g/mol. The molecule has 2 N–H and O–H groups in total. The Balaban J connectivity index is 1.95. The largest absolute Gasteiger partial charge is 0.506 e. The van der Waals surface area contributed by atoms with E-state index in [0.717, 1.165) is 11.1 Å². The quantitative estimate of drug-likeness (QED) is 0.723. The van der Waals surface area contributed by atoms with Crippen molar-refractivity contribution in [2.75, 3.05) is 0 Å². The summed E-state index contributed by atoms with van der Waals surface area (Å²) < 4.78 is 0. The third-order valence-electron chi connectivity index (χ3n) is 3.14. The van der Waals surface area contributed by atoms with Gasteiger partial charge >= 0.3 is 0 Å². The maximum atomic E-state index is 9.43. The van der Waals surface area contributed by atoms with E-state index in [0.29, 0.717) is 11.4 Å². The molecule has 0 saturated heterocycles.